The number of rotatable bonds is 2. The molecular weight excluding hydrogens is 263 g/mol. The van der Waals surface area contributed by atoms with Gasteiger partial charge < -0.3 is 10.0 Å². The molecule has 6 heteroatoms. The molecule has 1 aliphatic heterocycles. The van der Waals surface area contributed by atoms with Gasteiger partial charge in [0.15, 0.2) is 0 Å². The number of aromatic nitrogens is 1. The van der Waals surface area contributed by atoms with Crippen LogP contribution in [0.3, 0.4) is 0 Å². The minimum atomic E-state index is -0.228. The molecule has 2 rings (SSSR count). The van der Waals surface area contributed by atoms with E-state index in [4.69, 9.17) is 28.3 Å². The van der Waals surface area contributed by atoms with Crippen molar-refractivity contribution in [1.82, 2.24) is 9.88 Å². The fourth-order valence-electron chi connectivity index (χ4n) is 1.88. The van der Waals surface area contributed by atoms with E-state index in [-0.39, 0.29) is 29.3 Å². The van der Waals surface area contributed by atoms with Crippen LogP contribution in [0.2, 0.25) is 10.2 Å². The number of aliphatic hydroxyl groups is 1. The molecule has 17 heavy (non-hydrogen) atoms. The summed E-state index contributed by atoms with van der Waals surface area (Å²) in [4.78, 5) is 17.7. The zero-order valence-electron chi connectivity index (χ0n) is 9.07. The Kier molecular flexibility index (Phi) is 3.86. The Morgan fingerprint density at radius 1 is 1.53 bits per heavy atom. The first kappa shape index (κ1) is 12.6. The molecule has 4 nitrogen and oxygen atoms in total. The van der Waals surface area contributed by atoms with E-state index in [0.29, 0.717) is 18.1 Å². The first-order valence-electron chi connectivity index (χ1n) is 5.34. The third-order valence-electron chi connectivity index (χ3n) is 2.85. The summed E-state index contributed by atoms with van der Waals surface area (Å²) >= 11 is 11.7. The van der Waals surface area contributed by atoms with Crippen molar-refractivity contribution < 1.29 is 9.90 Å². The first-order chi connectivity index (χ1) is 8.11. The van der Waals surface area contributed by atoms with Crippen molar-refractivity contribution in [2.45, 2.75) is 6.42 Å². The molecule has 2 heterocycles. The maximum atomic E-state index is 12.1. The summed E-state index contributed by atoms with van der Waals surface area (Å²) in [6.07, 6.45) is 0.806. The normalized spacial score (nSPS) is 19.7. The second-order valence-corrected chi connectivity index (χ2v) is 4.85. The van der Waals surface area contributed by atoms with Crippen molar-refractivity contribution in [3.05, 3.63) is 28.0 Å². The third kappa shape index (κ3) is 2.70. The summed E-state index contributed by atoms with van der Waals surface area (Å²) in [5.41, 5.74) is 0.178. The number of hydrogen-bond acceptors (Lipinski definition) is 3. The van der Waals surface area contributed by atoms with Crippen molar-refractivity contribution in [1.29, 1.82) is 0 Å². The van der Waals surface area contributed by atoms with Crippen LogP contribution in [0.25, 0.3) is 0 Å². The van der Waals surface area contributed by atoms with Crippen LogP contribution in [-0.2, 0) is 0 Å². The van der Waals surface area contributed by atoms with Gasteiger partial charge in [-0.2, -0.15) is 0 Å². The maximum Gasteiger partial charge on any atom is 0.274 e. The number of pyridine rings is 1. The molecule has 1 atom stereocenters. The Morgan fingerprint density at radius 3 is 2.94 bits per heavy atom. The summed E-state index contributed by atoms with van der Waals surface area (Å²) in [7, 11) is 0. The van der Waals surface area contributed by atoms with Gasteiger partial charge in [-0.05, 0) is 18.6 Å². The molecule has 1 fully saturated rings. The minimum absolute atomic E-state index is 0.0977. The molecule has 1 amide bonds. The van der Waals surface area contributed by atoms with Crippen LogP contribution in [0.4, 0.5) is 0 Å². The average molecular weight is 275 g/mol. The molecule has 0 aliphatic carbocycles. The molecule has 1 N–H and O–H groups in total. The average Bonchev–Trinajstić information content (AvgIpc) is 2.80. The monoisotopic (exact) mass is 274 g/mol. The fourth-order valence-corrected chi connectivity index (χ4v) is 2.22. The number of halogens is 2. The zero-order chi connectivity index (χ0) is 12.4. The predicted molar refractivity (Wildman–Crippen MR) is 65.4 cm³/mol. The summed E-state index contributed by atoms with van der Waals surface area (Å²) in [6, 6.07) is 3.10. The van der Waals surface area contributed by atoms with E-state index in [0.717, 1.165) is 6.42 Å². The molecule has 1 aromatic heterocycles. The Morgan fingerprint density at radius 2 is 2.29 bits per heavy atom. The standard InChI is InChI=1S/C11H12Cl2N2O2/c12-8-1-2-9(13)14-10(8)11(17)15-4-3-7(5-15)6-16/h1-2,7,16H,3-6H2. The van der Waals surface area contributed by atoms with Crippen LogP contribution in [0.1, 0.15) is 16.9 Å². The van der Waals surface area contributed by atoms with Gasteiger partial charge in [0.25, 0.3) is 5.91 Å². The van der Waals surface area contributed by atoms with Crippen molar-refractivity contribution >= 4 is 29.1 Å². The van der Waals surface area contributed by atoms with Gasteiger partial charge in [-0.25, -0.2) is 4.98 Å². The van der Waals surface area contributed by atoms with Crippen molar-refractivity contribution in [2.24, 2.45) is 5.92 Å². The van der Waals surface area contributed by atoms with Crippen LogP contribution in [0, 0.1) is 5.92 Å². The largest absolute Gasteiger partial charge is 0.396 e. The van der Waals surface area contributed by atoms with Crippen LogP contribution in [-0.4, -0.2) is 40.6 Å². The molecule has 1 aromatic rings. The van der Waals surface area contributed by atoms with Crippen LogP contribution in [0.15, 0.2) is 12.1 Å². The van der Waals surface area contributed by atoms with Gasteiger partial charge in [-0.1, -0.05) is 23.2 Å². The van der Waals surface area contributed by atoms with Gasteiger partial charge in [0.2, 0.25) is 0 Å². The van der Waals surface area contributed by atoms with Crippen LogP contribution in [0.5, 0.6) is 0 Å². The van der Waals surface area contributed by atoms with E-state index in [1.165, 1.54) is 0 Å². The molecule has 0 aromatic carbocycles. The highest BCUT2D eigenvalue weighted by Crippen LogP contribution is 2.22. The van der Waals surface area contributed by atoms with Gasteiger partial charge in [0.1, 0.15) is 10.8 Å². The molecule has 0 spiro atoms. The summed E-state index contributed by atoms with van der Waals surface area (Å²) in [6.45, 7) is 1.26. The van der Waals surface area contributed by atoms with E-state index in [1.807, 2.05) is 0 Å². The quantitative estimate of drug-likeness (QED) is 0.838. The first-order valence-corrected chi connectivity index (χ1v) is 6.09. The van der Waals surface area contributed by atoms with Crippen molar-refractivity contribution in [2.75, 3.05) is 19.7 Å². The summed E-state index contributed by atoms with van der Waals surface area (Å²) < 4.78 is 0. The number of aliphatic hydroxyl groups excluding tert-OH is 1. The fraction of sp³-hybridized carbons (Fsp3) is 0.455. The second-order valence-electron chi connectivity index (χ2n) is 4.05. The molecule has 1 unspecified atom stereocenters. The Bertz CT molecular complexity index is 439. The zero-order valence-corrected chi connectivity index (χ0v) is 10.6. The maximum absolute atomic E-state index is 12.1. The molecule has 0 saturated carbocycles. The lowest BCUT2D eigenvalue weighted by atomic mass is 10.1. The third-order valence-corrected chi connectivity index (χ3v) is 3.36. The van der Waals surface area contributed by atoms with E-state index in [9.17, 15) is 4.79 Å². The Labute approximate surface area is 109 Å². The van der Waals surface area contributed by atoms with Gasteiger partial charge >= 0.3 is 0 Å². The van der Waals surface area contributed by atoms with E-state index >= 15 is 0 Å². The summed E-state index contributed by atoms with van der Waals surface area (Å²) in [5.74, 6) is -0.0784. The number of amides is 1. The van der Waals surface area contributed by atoms with Crippen LogP contribution < -0.4 is 0 Å². The van der Waals surface area contributed by atoms with Crippen molar-refractivity contribution in [3.8, 4) is 0 Å². The highest BCUT2D eigenvalue weighted by Gasteiger charge is 2.28. The lowest BCUT2D eigenvalue weighted by molar-refractivity contribution is 0.0776. The smallest absolute Gasteiger partial charge is 0.274 e. The van der Waals surface area contributed by atoms with E-state index < -0.39 is 0 Å². The second kappa shape index (κ2) is 5.21. The molecule has 92 valence electrons. The number of nitrogens with zero attached hydrogens (tertiary/aromatic N) is 2. The van der Waals surface area contributed by atoms with Gasteiger partial charge in [-0.3, -0.25) is 4.79 Å². The van der Waals surface area contributed by atoms with Gasteiger partial charge in [0, 0.05) is 25.6 Å². The SMILES string of the molecule is O=C(c1nc(Cl)ccc1Cl)N1CCC(CO)C1. The van der Waals surface area contributed by atoms with Gasteiger partial charge in [-0.15, -0.1) is 0 Å². The lowest BCUT2D eigenvalue weighted by Gasteiger charge is -2.16. The van der Waals surface area contributed by atoms with Gasteiger partial charge in [0.05, 0.1) is 5.02 Å². The highest BCUT2D eigenvalue weighted by atomic mass is 35.5. The summed E-state index contributed by atoms with van der Waals surface area (Å²) in [5, 5.41) is 9.58. The predicted octanol–water partition coefficient (Wildman–Crippen LogP) is 1.84. The van der Waals surface area contributed by atoms with Crippen LogP contribution >= 0.6 is 23.2 Å². The molecule has 0 bridgehead atoms. The molecular formula is C11H12Cl2N2O2. The van der Waals surface area contributed by atoms with E-state index in [2.05, 4.69) is 4.98 Å². The highest BCUT2D eigenvalue weighted by molar-refractivity contribution is 6.34. The Hall–Kier alpha value is -0.840. The Balaban J connectivity index is 2.17. The minimum Gasteiger partial charge on any atom is -0.396 e. The number of hydrogen-bond donors (Lipinski definition) is 1. The number of carbonyl (C=O) groups excluding carboxylic acids is 1. The lowest BCUT2D eigenvalue weighted by Crippen LogP contribution is -2.30. The number of carbonyl (C=O) groups is 1. The molecule has 1 aliphatic rings. The topological polar surface area (TPSA) is 53.4 Å². The molecule has 1 saturated heterocycles. The number of likely N-dealkylation sites (tertiary alicyclic amines) is 1. The van der Waals surface area contributed by atoms with Crippen molar-refractivity contribution in [3.63, 3.8) is 0 Å². The molecule has 0 radical (unpaired) electrons. The van der Waals surface area contributed by atoms with E-state index in [1.54, 1.807) is 17.0 Å².